The summed E-state index contributed by atoms with van der Waals surface area (Å²) in [5.74, 6) is 3.13. The molecule has 4 heterocycles. The van der Waals surface area contributed by atoms with Crippen molar-refractivity contribution in [3.8, 4) is 11.5 Å². The molecule has 5 heteroatoms. The summed E-state index contributed by atoms with van der Waals surface area (Å²) in [7, 11) is 3.40. The molecule has 1 aromatic heterocycles. The Hall–Kier alpha value is -2.89. The van der Waals surface area contributed by atoms with E-state index >= 15 is 0 Å². The summed E-state index contributed by atoms with van der Waals surface area (Å²) >= 11 is 0. The average molecular weight is 501 g/mol. The molecule has 6 rings (SSSR count). The van der Waals surface area contributed by atoms with Gasteiger partial charge in [0.05, 0.1) is 12.6 Å². The molecule has 3 aromatic rings. The Balaban J connectivity index is 1.71. The summed E-state index contributed by atoms with van der Waals surface area (Å²) in [5, 5.41) is 1.16. The summed E-state index contributed by atoms with van der Waals surface area (Å²) in [4.78, 5) is 7.78. The second-order valence-electron chi connectivity index (χ2n) is 10.5. The molecule has 2 aromatic carbocycles. The molecule has 0 saturated carbocycles. The first kappa shape index (κ1) is 25.7. The van der Waals surface area contributed by atoms with Gasteiger partial charge in [0.1, 0.15) is 11.5 Å². The Labute approximate surface area is 221 Å². The predicted octanol–water partition coefficient (Wildman–Crippen LogP) is 6.60. The number of pyridine rings is 1. The zero-order valence-corrected chi connectivity index (χ0v) is 22.5. The third-order valence-electron chi connectivity index (χ3n) is 8.35. The smallest absolute Gasteiger partial charge is 0.188 e. The normalized spacial score (nSPS) is 23.6. The molecule has 0 amide bonds. The van der Waals surface area contributed by atoms with Crippen LogP contribution in [0.4, 0.5) is 0 Å². The first-order valence-corrected chi connectivity index (χ1v) is 13.7. The van der Waals surface area contributed by atoms with Gasteiger partial charge in [0.2, 0.25) is 0 Å². The van der Waals surface area contributed by atoms with Gasteiger partial charge in [-0.1, -0.05) is 37.6 Å². The molecule has 0 aliphatic carbocycles. The summed E-state index contributed by atoms with van der Waals surface area (Å²) < 4.78 is 17.1. The van der Waals surface area contributed by atoms with Gasteiger partial charge in [0, 0.05) is 42.3 Å². The third kappa shape index (κ3) is 5.25. The number of hydrogen-bond acceptors (Lipinski definition) is 5. The molecule has 3 aliphatic heterocycles. The number of piperidine rings is 3. The Bertz CT molecular complexity index is 1230. The van der Waals surface area contributed by atoms with E-state index < -0.39 is 0 Å². The van der Waals surface area contributed by atoms with Crippen LogP contribution in [0.25, 0.3) is 10.9 Å². The lowest BCUT2D eigenvalue weighted by Crippen LogP contribution is -2.55. The maximum atomic E-state index is 6.16. The summed E-state index contributed by atoms with van der Waals surface area (Å²) in [6.07, 6.45) is 7.83. The Morgan fingerprint density at radius 3 is 2.73 bits per heavy atom. The molecule has 5 nitrogen and oxygen atoms in total. The number of para-hydroxylation sites is 1. The van der Waals surface area contributed by atoms with Crippen molar-refractivity contribution in [3.63, 3.8) is 0 Å². The van der Waals surface area contributed by atoms with Crippen LogP contribution in [0.3, 0.4) is 0 Å². The van der Waals surface area contributed by atoms with Crippen LogP contribution in [0.2, 0.25) is 0 Å². The van der Waals surface area contributed by atoms with Crippen molar-refractivity contribution < 1.29 is 14.2 Å². The van der Waals surface area contributed by atoms with E-state index in [1.165, 1.54) is 17.5 Å². The van der Waals surface area contributed by atoms with Crippen molar-refractivity contribution in [2.45, 2.75) is 51.0 Å². The highest BCUT2D eigenvalue weighted by Gasteiger charge is 2.44. The molecule has 2 bridgehead atoms. The van der Waals surface area contributed by atoms with E-state index in [1.807, 2.05) is 12.1 Å². The number of ether oxygens (including phenoxy) is 3. The fourth-order valence-corrected chi connectivity index (χ4v) is 6.46. The van der Waals surface area contributed by atoms with E-state index in [9.17, 15) is 0 Å². The minimum absolute atomic E-state index is 0.139. The Morgan fingerprint density at radius 1 is 1.14 bits per heavy atom. The van der Waals surface area contributed by atoms with Gasteiger partial charge >= 0.3 is 0 Å². The van der Waals surface area contributed by atoms with Crippen LogP contribution in [0.1, 0.15) is 55.3 Å². The number of aromatic nitrogens is 1. The van der Waals surface area contributed by atoms with Crippen LogP contribution in [0, 0.1) is 11.8 Å². The van der Waals surface area contributed by atoms with E-state index in [0.717, 1.165) is 66.9 Å². The van der Waals surface area contributed by atoms with E-state index in [0.29, 0.717) is 17.9 Å². The minimum atomic E-state index is 0.139. The highest BCUT2D eigenvalue weighted by molar-refractivity contribution is 5.85. The summed E-state index contributed by atoms with van der Waals surface area (Å²) in [5.41, 5.74) is 4.72. The van der Waals surface area contributed by atoms with Crippen LogP contribution in [-0.4, -0.2) is 50.0 Å². The molecular weight excluding hydrogens is 460 g/mol. The predicted molar refractivity (Wildman–Crippen MR) is 149 cm³/mol. The monoisotopic (exact) mass is 500 g/mol. The molecular formula is C32H40N2O3. The zero-order valence-electron chi connectivity index (χ0n) is 22.5. The number of methoxy groups -OCH3 is 2. The number of fused-ring (bicyclic) bond motifs is 4. The topological polar surface area (TPSA) is 43.8 Å². The van der Waals surface area contributed by atoms with Crippen molar-refractivity contribution in [2.75, 3.05) is 34.1 Å². The molecule has 3 saturated heterocycles. The lowest BCUT2D eigenvalue weighted by atomic mass is 9.69. The van der Waals surface area contributed by atoms with Gasteiger partial charge < -0.3 is 14.2 Å². The molecule has 3 fully saturated rings. The highest BCUT2D eigenvalue weighted by atomic mass is 16.7. The lowest BCUT2D eigenvalue weighted by molar-refractivity contribution is 0.0107. The van der Waals surface area contributed by atoms with Gasteiger partial charge in [-0.2, -0.15) is 0 Å². The quantitative estimate of drug-likeness (QED) is 0.219. The number of benzene rings is 2. The van der Waals surface area contributed by atoms with Gasteiger partial charge in [0.15, 0.2) is 6.79 Å². The fourth-order valence-electron chi connectivity index (χ4n) is 6.46. The first-order valence-electron chi connectivity index (χ1n) is 13.7. The number of nitrogens with zero attached hydrogens (tertiary/aromatic N) is 2. The van der Waals surface area contributed by atoms with Gasteiger partial charge in [0.25, 0.3) is 0 Å². The molecule has 0 radical (unpaired) electrons. The summed E-state index contributed by atoms with van der Waals surface area (Å²) in [6, 6.07) is 17.5. The van der Waals surface area contributed by atoms with Crippen molar-refractivity contribution in [3.05, 3.63) is 78.0 Å². The summed E-state index contributed by atoms with van der Waals surface area (Å²) in [6.45, 7) is 8.83. The van der Waals surface area contributed by atoms with Gasteiger partial charge in [-0.15, -0.1) is 6.58 Å². The second-order valence-corrected chi connectivity index (χ2v) is 10.5. The number of aryl methyl sites for hydroxylation is 1. The standard InChI is InChI=1S/C32H40N2O3/c1-5-7-10-24-18-28(27-19-25(36-4)13-14-29(27)33-24)32(26-11-8-9-12-31(26)37-21-35-3)30-17-23-15-16-34(30)20-22(23)6-2/h6,8-9,11-14,18-19,22-23,30,32H,2,5,7,10,15-17,20-21H2,1,3-4H3/t22-,23-,30-,32-/m0/s1. The lowest BCUT2D eigenvalue weighted by Gasteiger charge is -2.52. The van der Waals surface area contributed by atoms with E-state index in [4.69, 9.17) is 19.2 Å². The van der Waals surface area contributed by atoms with Crippen molar-refractivity contribution >= 4 is 10.9 Å². The Morgan fingerprint density at radius 2 is 2.00 bits per heavy atom. The van der Waals surface area contributed by atoms with Gasteiger partial charge in [-0.05, 0) is 80.0 Å². The number of rotatable bonds is 11. The highest BCUT2D eigenvalue weighted by Crippen LogP contribution is 2.47. The molecule has 5 atom stereocenters. The fraction of sp³-hybridized carbons (Fsp3) is 0.469. The average Bonchev–Trinajstić information content (AvgIpc) is 2.95. The number of unbranched alkanes of at least 4 members (excludes halogenated alkanes) is 1. The molecule has 37 heavy (non-hydrogen) atoms. The second kappa shape index (κ2) is 11.7. The van der Waals surface area contributed by atoms with Crippen LogP contribution in [-0.2, 0) is 11.2 Å². The van der Waals surface area contributed by atoms with E-state index in [-0.39, 0.29) is 12.7 Å². The molecule has 0 N–H and O–H groups in total. The van der Waals surface area contributed by atoms with Crippen molar-refractivity contribution in [1.29, 1.82) is 0 Å². The number of hydrogen-bond donors (Lipinski definition) is 0. The van der Waals surface area contributed by atoms with Crippen LogP contribution < -0.4 is 9.47 Å². The largest absolute Gasteiger partial charge is 0.497 e. The van der Waals surface area contributed by atoms with Crippen molar-refractivity contribution in [1.82, 2.24) is 9.88 Å². The van der Waals surface area contributed by atoms with Crippen LogP contribution in [0.5, 0.6) is 11.5 Å². The minimum Gasteiger partial charge on any atom is -0.497 e. The van der Waals surface area contributed by atoms with Gasteiger partial charge in [-0.3, -0.25) is 9.88 Å². The van der Waals surface area contributed by atoms with E-state index in [2.05, 4.69) is 60.9 Å². The molecule has 0 spiro atoms. The maximum absolute atomic E-state index is 6.16. The van der Waals surface area contributed by atoms with E-state index in [1.54, 1.807) is 14.2 Å². The Kier molecular flexibility index (Phi) is 8.11. The third-order valence-corrected chi connectivity index (χ3v) is 8.35. The molecule has 3 aliphatic rings. The van der Waals surface area contributed by atoms with Crippen LogP contribution in [0.15, 0.2) is 61.2 Å². The molecule has 1 unspecified atom stereocenters. The molecule has 196 valence electrons. The van der Waals surface area contributed by atoms with Crippen LogP contribution >= 0.6 is 0 Å². The first-order chi connectivity index (χ1) is 18.2. The maximum Gasteiger partial charge on any atom is 0.188 e. The van der Waals surface area contributed by atoms with Crippen molar-refractivity contribution in [2.24, 2.45) is 11.8 Å². The zero-order chi connectivity index (χ0) is 25.8. The SMILES string of the molecule is C=C[C@H]1CN2CC[C@H]1C[C@H]2[C@@H](c1ccccc1OCOC)c1cc(CCCC)nc2ccc(OC)cc12. The van der Waals surface area contributed by atoms with Gasteiger partial charge in [-0.25, -0.2) is 0 Å².